The van der Waals surface area contributed by atoms with Crippen molar-refractivity contribution in [3.8, 4) is 0 Å². The molecule has 150 valence electrons. The van der Waals surface area contributed by atoms with Gasteiger partial charge < -0.3 is 25.4 Å². The Labute approximate surface area is 162 Å². The number of aliphatic hydroxyl groups excluding tert-OH is 1. The van der Waals surface area contributed by atoms with Gasteiger partial charge in [0.1, 0.15) is 5.82 Å². The van der Waals surface area contributed by atoms with E-state index < -0.39 is 0 Å². The lowest BCUT2D eigenvalue weighted by Crippen LogP contribution is -2.44. The van der Waals surface area contributed by atoms with E-state index in [-0.39, 0.29) is 12.0 Å². The molecule has 0 radical (unpaired) electrons. The number of rotatable bonds is 8. The number of guanidine groups is 1. The topological polar surface area (TPSA) is 82.0 Å². The third kappa shape index (κ3) is 5.56. The predicted octanol–water partition coefficient (Wildman–Crippen LogP) is 1.53. The molecule has 7 heteroatoms. The summed E-state index contributed by atoms with van der Waals surface area (Å²) in [6.45, 7) is 8.08. The van der Waals surface area contributed by atoms with E-state index in [9.17, 15) is 5.11 Å². The Morgan fingerprint density at radius 3 is 2.81 bits per heavy atom. The highest BCUT2D eigenvalue weighted by atomic mass is 16.5. The lowest BCUT2D eigenvalue weighted by molar-refractivity contribution is 0.127. The van der Waals surface area contributed by atoms with Gasteiger partial charge in [0.05, 0.1) is 13.2 Å². The maximum Gasteiger partial charge on any atom is 0.191 e. The normalized spacial score (nSPS) is 23.0. The number of hydrogen-bond donors (Lipinski definition) is 3. The minimum absolute atomic E-state index is 0.00384. The standard InChI is InChI=1S/C20H33N5O2/c1-2-21-19(24-15-20(7-11-26)8-12-27-16-20)23-14-17-5-6-18(22-13-17)25-9-3-4-10-25/h5-6,13,26H,2-4,7-12,14-16H2,1H3,(H2,21,23,24). The third-order valence-electron chi connectivity index (χ3n) is 5.46. The van der Waals surface area contributed by atoms with Crippen LogP contribution in [-0.2, 0) is 11.3 Å². The molecule has 3 N–H and O–H groups in total. The summed E-state index contributed by atoms with van der Waals surface area (Å²) < 4.78 is 5.56. The first-order valence-corrected chi connectivity index (χ1v) is 10.2. The van der Waals surface area contributed by atoms with E-state index >= 15 is 0 Å². The van der Waals surface area contributed by atoms with Gasteiger partial charge in [0.15, 0.2) is 5.96 Å². The quantitative estimate of drug-likeness (QED) is 0.472. The Kier molecular flexibility index (Phi) is 7.29. The highest BCUT2D eigenvalue weighted by Gasteiger charge is 2.34. The van der Waals surface area contributed by atoms with Crippen molar-refractivity contribution in [2.75, 3.05) is 50.9 Å². The first-order valence-electron chi connectivity index (χ1n) is 10.2. The Morgan fingerprint density at radius 2 is 2.19 bits per heavy atom. The van der Waals surface area contributed by atoms with Gasteiger partial charge in [-0.3, -0.25) is 0 Å². The molecule has 2 fully saturated rings. The lowest BCUT2D eigenvalue weighted by atomic mass is 9.84. The molecule has 0 spiro atoms. The minimum atomic E-state index is 0.00384. The number of aromatic nitrogens is 1. The molecule has 0 aliphatic carbocycles. The van der Waals surface area contributed by atoms with Crippen LogP contribution < -0.4 is 15.5 Å². The maximum absolute atomic E-state index is 9.37. The first kappa shape index (κ1) is 19.9. The predicted molar refractivity (Wildman–Crippen MR) is 108 cm³/mol. The molecular formula is C20H33N5O2. The zero-order chi connectivity index (χ0) is 19.0. The van der Waals surface area contributed by atoms with Crippen LogP contribution in [0.4, 0.5) is 5.82 Å². The molecule has 0 saturated carbocycles. The molecule has 0 amide bonds. The van der Waals surface area contributed by atoms with Crippen molar-refractivity contribution in [1.82, 2.24) is 15.6 Å². The molecule has 2 aliphatic heterocycles. The molecule has 2 aliphatic rings. The van der Waals surface area contributed by atoms with Crippen LogP contribution in [0.3, 0.4) is 0 Å². The van der Waals surface area contributed by atoms with Gasteiger partial charge >= 0.3 is 0 Å². The fourth-order valence-electron chi connectivity index (χ4n) is 3.74. The summed E-state index contributed by atoms with van der Waals surface area (Å²) in [6, 6.07) is 4.22. The average molecular weight is 376 g/mol. The molecular weight excluding hydrogens is 342 g/mol. The molecule has 1 atom stereocenters. The second-order valence-corrected chi connectivity index (χ2v) is 7.54. The van der Waals surface area contributed by atoms with Crippen LogP contribution in [0.5, 0.6) is 0 Å². The number of aliphatic hydroxyl groups is 1. The van der Waals surface area contributed by atoms with Gasteiger partial charge in [-0.2, -0.15) is 0 Å². The van der Waals surface area contributed by atoms with Gasteiger partial charge in [0.2, 0.25) is 0 Å². The van der Waals surface area contributed by atoms with E-state index in [0.29, 0.717) is 13.2 Å². The van der Waals surface area contributed by atoms with E-state index in [4.69, 9.17) is 9.73 Å². The molecule has 7 nitrogen and oxygen atoms in total. The zero-order valence-electron chi connectivity index (χ0n) is 16.4. The van der Waals surface area contributed by atoms with Crippen LogP contribution in [-0.4, -0.2) is 62.0 Å². The van der Waals surface area contributed by atoms with Crippen molar-refractivity contribution in [1.29, 1.82) is 0 Å². The van der Waals surface area contributed by atoms with Crippen molar-refractivity contribution in [2.24, 2.45) is 10.4 Å². The van der Waals surface area contributed by atoms with E-state index in [1.54, 1.807) is 0 Å². The van der Waals surface area contributed by atoms with Crippen molar-refractivity contribution in [3.63, 3.8) is 0 Å². The Morgan fingerprint density at radius 1 is 1.33 bits per heavy atom. The van der Waals surface area contributed by atoms with Gasteiger partial charge in [0.25, 0.3) is 0 Å². The number of nitrogens with zero attached hydrogens (tertiary/aromatic N) is 3. The highest BCUT2D eigenvalue weighted by molar-refractivity contribution is 5.79. The van der Waals surface area contributed by atoms with Gasteiger partial charge in [-0.1, -0.05) is 6.07 Å². The third-order valence-corrected chi connectivity index (χ3v) is 5.46. The summed E-state index contributed by atoms with van der Waals surface area (Å²) in [5, 5.41) is 16.1. The highest BCUT2D eigenvalue weighted by Crippen LogP contribution is 2.31. The minimum Gasteiger partial charge on any atom is -0.396 e. The second-order valence-electron chi connectivity index (χ2n) is 7.54. The molecule has 3 heterocycles. The van der Waals surface area contributed by atoms with E-state index in [1.807, 2.05) is 6.20 Å². The number of aliphatic imine (C=N–C) groups is 1. The maximum atomic E-state index is 9.37. The molecule has 1 aromatic heterocycles. The van der Waals surface area contributed by atoms with Crippen LogP contribution in [0.25, 0.3) is 0 Å². The largest absolute Gasteiger partial charge is 0.396 e. The SMILES string of the molecule is CCNC(=NCc1ccc(N2CCCC2)nc1)NCC1(CCO)CCOC1. The van der Waals surface area contributed by atoms with E-state index in [1.165, 1.54) is 12.8 Å². The number of ether oxygens (including phenoxy) is 1. The summed E-state index contributed by atoms with van der Waals surface area (Å²) in [5.74, 6) is 1.86. The lowest BCUT2D eigenvalue weighted by Gasteiger charge is -2.27. The van der Waals surface area contributed by atoms with Crippen LogP contribution in [0.15, 0.2) is 23.3 Å². The molecule has 0 aromatic carbocycles. The van der Waals surface area contributed by atoms with Crippen LogP contribution in [0.1, 0.15) is 38.2 Å². The zero-order valence-corrected chi connectivity index (χ0v) is 16.4. The Hall–Kier alpha value is -1.86. The molecule has 3 rings (SSSR count). The van der Waals surface area contributed by atoms with Crippen LogP contribution in [0, 0.1) is 5.41 Å². The number of nitrogens with one attached hydrogen (secondary N) is 2. The summed E-state index contributed by atoms with van der Waals surface area (Å²) in [7, 11) is 0. The summed E-state index contributed by atoms with van der Waals surface area (Å²) in [4.78, 5) is 11.6. The van der Waals surface area contributed by atoms with Crippen LogP contribution >= 0.6 is 0 Å². The van der Waals surface area contributed by atoms with Gasteiger partial charge in [-0.15, -0.1) is 0 Å². The number of pyridine rings is 1. The Balaban J connectivity index is 1.56. The average Bonchev–Trinajstić information content (AvgIpc) is 3.37. The molecule has 0 bridgehead atoms. The Bertz CT molecular complexity index is 593. The van der Waals surface area contributed by atoms with Gasteiger partial charge in [-0.05, 0) is 44.2 Å². The monoisotopic (exact) mass is 375 g/mol. The van der Waals surface area contributed by atoms with Crippen molar-refractivity contribution >= 4 is 11.8 Å². The van der Waals surface area contributed by atoms with Crippen LogP contribution in [0.2, 0.25) is 0 Å². The van der Waals surface area contributed by atoms with Gasteiger partial charge in [-0.25, -0.2) is 9.98 Å². The van der Waals surface area contributed by atoms with Crippen molar-refractivity contribution in [2.45, 2.75) is 39.2 Å². The molecule has 1 unspecified atom stereocenters. The van der Waals surface area contributed by atoms with E-state index in [2.05, 4.69) is 39.6 Å². The van der Waals surface area contributed by atoms with Crippen molar-refractivity contribution < 1.29 is 9.84 Å². The molecule has 2 saturated heterocycles. The smallest absolute Gasteiger partial charge is 0.191 e. The number of hydrogen-bond acceptors (Lipinski definition) is 5. The number of anilines is 1. The van der Waals surface area contributed by atoms with E-state index in [0.717, 1.165) is 63.0 Å². The summed E-state index contributed by atoms with van der Waals surface area (Å²) >= 11 is 0. The second kappa shape index (κ2) is 9.90. The molecule has 27 heavy (non-hydrogen) atoms. The molecule has 1 aromatic rings. The fourth-order valence-corrected chi connectivity index (χ4v) is 3.74. The summed E-state index contributed by atoms with van der Waals surface area (Å²) in [5.41, 5.74) is 1.11. The summed E-state index contributed by atoms with van der Waals surface area (Å²) in [6.07, 6.45) is 6.17. The van der Waals surface area contributed by atoms with Gasteiger partial charge in [0, 0.05) is 51.0 Å². The fraction of sp³-hybridized carbons (Fsp3) is 0.700. The van der Waals surface area contributed by atoms with Crippen molar-refractivity contribution in [3.05, 3.63) is 23.9 Å². The first-order chi connectivity index (χ1) is 13.2.